The van der Waals surface area contributed by atoms with E-state index >= 15 is 0 Å². The highest BCUT2D eigenvalue weighted by molar-refractivity contribution is 7.99. The van der Waals surface area contributed by atoms with E-state index in [-0.39, 0.29) is 5.25 Å². The fraction of sp³-hybridized carbons (Fsp3) is 0.800. The highest BCUT2D eigenvalue weighted by atomic mass is 32.2. The lowest BCUT2D eigenvalue weighted by Gasteiger charge is -2.24. The van der Waals surface area contributed by atoms with Crippen molar-refractivity contribution in [2.75, 3.05) is 6.26 Å². The first-order valence-electron chi connectivity index (χ1n) is 4.92. The van der Waals surface area contributed by atoms with E-state index in [4.69, 9.17) is 9.84 Å². The first-order valence-corrected chi connectivity index (χ1v) is 6.21. The van der Waals surface area contributed by atoms with Crippen LogP contribution in [0.4, 0.5) is 4.79 Å². The molecule has 5 nitrogen and oxygen atoms in total. The topological polar surface area (TPSA) is 75.6 Å². The van der Waals surface area contributed by atoms with E-state index in [9.17, 15) is 9.59 Å². The van der Waals surface area contributed by atoms with Gasteiger partial charge in [0.15, 0.2) is 0 Å². The molecule has 2 atom stereocenters. The zero-order valence-electron chi connectivity index (χ0n) is 10.2. The number of thioether (sulfide) groups is 1. The maximum Gasteiger partial charge on any atom is 0.408 e. The zero-order valence-corrected chi connectivity index (χ0v) is 11.1. The second-order valence-electron chi connectivity index (χ2n) is 4.40. The quantitative estimate of drug-likeness (QED) is 0.793. The molecule has 0 aromatic rings. The van der Waals surface area contributed by atoms with Crippen LogP contribution >= 0.6 is 11.8 Å². The smallest absolute Gasteiger partial charge is 0.408 e. The van der Waals surface area contributed by atoms with E-state index in [0.29, 0.717) is 0 Å². The highest BCUT2D eigenvalue weighted by Gasteiger charge is 2.28. The summed E-state index contributed by atoms with van der Waals surface area (Å²) in [5.41, 5.74) is -0.629. The molecule has 0 fully saturated rings. The standard InChI is InChI=1S/C10H19NO4S/c1-6(16-5)7(8(12)13)11-9(14)15-10(2,3)4/h6-7H,1-5H3,(H,11,14)(H,12,13)/t6-,7-/m0/s1. The fourth-order valence-electron chi connectivity index (χ4n) is 0.950. The van der Waals surface area contributed by atoms with Crippen molar-refractivity contribution in [2.24, 2.45) is 0 Å². The molecular formula is C10H19NO4S. The van der Waals surface area contributed by atoms with Crippen LogP contribution in [0, 0.1) is 0 Å². The molecular weight excluding hydrogens is 230 g/mol. The third-order valence-electron chi connectivity index (χ3n) is 1.78. The van der Waals surface area contributed by atoms with E-state index in [1.165, 1.54) is 11.8 Å². The van der Waals surface area contributed by atoms with Crippen molar-refractivity contribution in [1.29, 1.82) is 0 Å². The molecule has 0 saturated heterocycles. The molecule has 0 saturated carbocycles. The molecule has 0 aromatic heterocycles. The number of carbonyl (C=O) groups excluding carboxylic acids is 1. The summed E-state index contributed by atoms with van der Waals surface area (Å²) in [4.78, 5) is 22.3. The van der Waals surface area contributed by atoms with Crippen molar-refractivity contribution in [3.05, 3.63) is 0 Å². The lowest BCUT2D eigenvalue weighted by atomic mass is 10.2. The molecule has 2 N–H and O–H groups in total. The number of rotatable bonds is 4. The Morgan fingerprint density at radius 1 is 1.38 bits per heavy atom. The van der Waals surface area contributed by atoms with Crippen molar-refractivity contribution >= 4 is 23.8 Å². The Labute approximate surface area is 99.9 Å². The van der Waals surface area contributed by atoms with Gasteiger partial charge in [-0.15, -0.1) is 0 Å². The SMILES string of the molecule is CS[C@@H](C)[C@H](NC(=O)OC(C)(C)C)C(=O)O. The molecule has 94 valence electrons. The third-order valence-corrected chi connectivity index (χ3v) is 2.80. The molecule has 0 spiro atoms. The summed E-state index contributed by atoms with van der Waals surface area (Å²) in [5, 5.41) is 11.1. The Bertz CT molecular complexity index is 262. The average molecular weight is 249 g/mol. The maximum absolute atomic E-state index is 11.4. The number of hydrogen-bond acceptors (Lipinski definition) is 4. The van der Waals surface area contributed by atoms with Crippen LogP contribution in [0.1, 0.15) is 27.7 Å². The minimum atomic E-state index is -1.06. The molecule has 0 rings (SSSR count). The van der Waals surface area contributed by atoms with Crippen LogP contribution in [-0.2, 0) is 9.53 Å². The van der Waals surface area contributed by atoms with Crippen LogP contribution in [0.2, 0.25) is 0 Å². The molecule has 0 bridgehead atoms. The monoisotopic (exact) mass is 249 g/mol. The van der Waals surface area contributed by atoms with E-state index in [0.717, 1.165) is 0 Å². The number of alkyl carbamates (subject to hydrolysis) is 1. The molecule has 0 radical (unpaired) electrons. The number of nitrogens with one attached hydrogen (secondary N) is 1. The molecule has 0 aliphatic heterocycles. The van der Waals surface area contributed by atoms with Gasteiger partial charge in [0.2, 0.25) is 0 Å². The van der Waals surface area contributed by atoms with Crippen molar-refractivity contribution in [1.82, 2.24) is 5.32 Å². The second kappa shape index (κ2) is 5.98. The van der Waals surface area contributed by atoms with Crippen molar-refractivity contribution in [3.8, 4) is 0 Å². The zero-order chi connectivity index (χ0) is 12.9. The lowest BCUT2D eigenvalue weighted by molar-refractivity contribution is -0.139. The summed E-state index contributed by atoms with van der Waals surface area (Å²) in [6.45, 7) is 6.90. The summed E-state index contributed by atoms with van der Waals surface area (Å²) in [6, 6.07) is -0.940. The Morgan fingerprint density at radius 2 is 1.88 bits per heavy atom. The summed E-state index contributed by atoms with van der Waals surface area (Å²) < 4.78 is 4.99. The van der Waals surface area contributed by atoms with Crippen LogP contribution in [0.15, 0.2) is 0 Å². The fourth-order valence-corrected chi connectivity index (χ4v) is 1.41. The largest absolute Gasteiger partial charge is 0.480 e. The Hall–Kier alpha value is -0.910. The molecule has 0 aromatic carbocycles. The molecule has 0 unspecified atom stereocenters. The number of carboxylic acids is 1. The minimum Gasteiger partial charge on any atom is -0.480 e. The molecule has 16 heavy (non-hydrogen) atoms. The van der Waals surface area contributed by atoms with Crippen LogP contribution in [0.5, 0.6) is 0 Å². The van der Waals surface area contributed by atoms with Crippen LogP contribution in [-0.4, -0.2) is 40.3 Å². The summed E-state index contributed by atoms with van der Waals surface area (Å²) >= 11 is 1.37. The molecule has 0 aliphatic rings. The first kappa shape index (κ1) is 15.1. The van der Waals surface area contributed by atoms with Crippen molar-refractivity contribution in [2.45, 2.75) is 44.6 Å². The minimum absolute atomic E-state index is 0.218. The van der Waals surface area contributed by atoms with Gasteiger partial charge in [-0.05, 0) is 27.0 Å². The number of carboxylic acid groups (broad SMARTS) is 1. The van der Waals surface area contributed by atoms with Crippen LogP contribution in [0.25, 0.3) is 0 Å². The number of hydrogen-bond donors (Lipinski definition) is 2. The molecule has 0 aliphatic carbocycles. The Kier molecular flexibility index (Phi) is 5.64. The second-order valence-corrected chi connectivity index (χ2v) is 5.62. The molecule has 6 heteroatoms. The van der Waals surface area contributed by atoms with Gasteiger partial charge in [-0.3, -0.25) is 0 Å². The van der Waals surface area contributed by atoms with Crippen LogP contribution < -0.4 is 5.32 Å². The number of aliphatic carboxylic acids is 1. The Balaban J connectivity index is 4.42. The Morgan fingerprint density at radius 3 is 2.19 bits per heavy atom. The van der Waals surface area contributed by atoms with Crippen molar-refractivity contribution in [3.63, 3.8) is 0 Å². The molecule has 1 amide bonds. The maximum atomic E-state index is 11.4. The summed E-state index contributed by atoms with van der Waals surface area (Å²) in [5.74, 6) is -1.06. The van der Waals surface area contributed by atoms with E-state index in [1.54, 1.807) is 34.0 Å². The van der Waals surface area contributed by atoms with Gasteiger partial charge in [0, 0.05) is 5.25 Å². The van der Waals surface area contributed by atoms with E-state index in [1.807, 2.05) is 0 Å². The van der Waals surface area contributed by atoms with E-state index < -0.39 is 23.7 Å². The number of amides is 1. The normalized spacial score (nSPS) is 15.1. The molecule has 0 heterocycles. The summed E-state index contributed by atoms with van der Waals surface area (Å²) in [6.07, 6.45) is 1.08. The van der Waals surface area contributed by atoms with Gasteiger partial charge in [0.25, 0.3) is 0 Å². The van der Waals surface area contributed by atoms with Gasteiger partial charge in [-0.25, -0.2) is 9.59 Å². The first-order chi connectivity index (χ1) is 7.17. The van der Waals surface area contributed by atoms with Gasteiger partial charge in [0.05, 0.1) is 0 Å². The van der Waals surface area contributed by atoms with Crippen LogP contribution in [0.3, 0.4) is 0 Å². The highest BCUT2D eigenvalue weighted by Crippen LogP contribution is 2.12. The van der Waals surface area contributed by atoms with Gasteiger partial charge in [0.1, 0.15) is 11.6 Å². The average Bonchev–Trinajstić information content (AvgIpc) is 2.09. The number of carbonyl (C=O) groups is 2. The summed E-state index contributed by atoms with van der Waals surface area (Å²) in [7, 11) is 0. The number of ether oxygens (including phenoxy) is 1. The van der Waals surface area contributed by atoms with Gasteiger partial charge in [-0.1, -0.05) is 6.92 Å². The lowest BCUT2D eigenvalue weighted by Crippen LogP contribution is -2.48. The van der Waals surface area contributed by atoms with Gasteiger partial charge in [-0.2, -0.15) is 11.8 Å². The van der Waals surface area contributed by atoms with Crippen molar-refractivity contribution < 1.29 is 19.4 Å². The predicted molar refractivity (Wildman–Crippen MR) is 63.8 cm³/mol. The van der Waals surface area contributed by atoms with Gasteiger partial charge < -0.3 is 15.2 Å². The predicted octanol–water partition coefficient (Wildman–Crippen LogP) is 1.72. The van der Waals surface area contributed by atoms with Gasteiger partial charge >= 0.3 is 12.1 Å². The van der Waals surface area contributed by atoms with E-state index in [2.05, 4.69) is 5.32 Å². The third kappa shape index (κ3) is 5.85.